The molecule has 0 aliphatic heterocycles. The van der Waals surface area contributed by atoms with Crippen LogP contribution in [0.25, 0.3) is 0 Å². The molecule has 1 saturated carbocycles. The van der Waals surface area contributed by atoms with Gasteiger partial charge in [0, 0.05) is 5.92 Å². The number of hydrogen-bond donors (Lipinski definition) is 1. The average Bonchev–Trinajstić information content (AvgIpc) is 2.92. The van der Waals surface area contributed by atoms with Gasteiger partial charge in [0.2, 0.25) is 0 Å². The van der Waals surface area contributed by atoms with E-state index in [-0.39, 0.29) is 5.92 Å². The van der Waals surface area contributed by atoms with Crippen LogP contribution < -0.4 is 0 Å². The van der Waals surface area contributed by atoms with Crippen LogP contribution in [0.4, 0.5) is 0 Å². The Morgan fingerprint density at radius 3 is 2.93 bits per heavy atom. The van der Waals surface area contributed by atoms with Gasteiger partial charge in [-0.2, -0.15) is 0 Å². The van der Waals surface area contributed by atoms with Gasteiger partial charge in [0.15, 0.2) is 0 Å². The molecule has 0 spiro atoms. The van der Waals surface area contributed by atoms with Crippen LogP contribution in [0.15, 0.2) is 24.3 Å². The maximum atomic E-state index is 10.9. The molecular formula is C12H12O2. The summed E-state index contributed by atoms with van der Waals surface area (Å²) in [5, 5.41) is 9.01. The van der Waals surface area contributed by atoms with Crippen molar-refractivity contribution in [3.8, 4) is 0 Å². The summed E-state index contributed by atoms with van der Waals surface area (Å²) in [6.45, 7) is 0. The molecular weight excluding hydrogens is 176 g/mol. The molecule has 1 aromatic rings. The monoisotopic (exact) mass is 188 g/mol. The molecule has 2 nitrogen and oxygen atoms in total. The number of aryl methyl sites for hydroxylation is 1. The summed E-state index contributed by atoms with van der Waals surface area (Å²) in [5.74, 6) is 0.0233. The molecule has 3 atom stereocenters. The van der Waals surface area contributed by atoms with E-state index < -0.39 is 5.97 Å². The van der Waals surface area contributed by atoms with Crippen molar-refractivity contribution in [2.45, 2.75) is 18.8 Å². The first kappa shape index (κ1) is 8.04. The Morgan fingerprint density at radius 1 is 1.36 bits per heavy atom. The highest BCUT2D eigenvalue weighted by molar-refractivity contribution is 5.76. The van der Waals surface area contributed by atoms with E-state index in [0.717, 1.165) is 12.8 Å². The molecule has 0 radical (unpaired) electrons. The van der Waals surface area contributed by atoms with Crippen LogP contribution in [0.5, 0.6) is 0 Å². The molecule has 14 heavy (non-hydrogen) atoms. The summed E-state index contributed by atoms with van der Waals surface area (Å²) in [6.07, 6.45) is 2.11. The third-order valence-corrected chi connectivity index (χ3v) is 3.61. The van der Waals surface area contributed by atoms with Crippen molar-refractivity contribution in [1.29, 1.82) is 0 Å². The fourth-order valence-electron chi connectivity index (χ4n) is 2.90. The second kappa shape index (κ2) is 2.59. The van der Waals surface area contributed by atoms with Crippen LogP contribution >= 0.6 is 0 Å². The summed E-state index contributed by atoms with van der Waals surface area (Å²) in [7, 11) is 0. The summed E-state index contributed by atoms with van der Waals surface area (Å²) in [4.78, 5) is 10.9. The average molecular weight is 188 g/mol. The summed E-state index contributed by atoms with van der Waals surface area (Å²) >= 11 is 0. The van der Waals surface area contributed by atoms with E-state index in [1.54, 1.807) is 0 Å². The zero-order chi connectivity index (χ0) is 9.71. The summed E-state index contributed by atoms with van der Waals surface area (Å²) < 4.78 is 0. The Labute approximate surface area is 82.6 Å². The molecule has 0 unspecified atom stereocenters. The molecule has 0 saturated heterocycles. The molecule has 0 amide bonds. The van der Waals surface area contributed by atoms with Gasteiger partial charge in [-0.05, 0) is 29.9 Å². The Bertz CT molecular complexity index is 397. The second-order valence-corrected chi connectivity index (χ2v) is 4.29. The minimum Gasteiger partial charge on any atom is -0.481 e. The van der Waals surface area contributed by atoms with E-state index in [0.29, 0.717) is 11.8 Å². The van der Waals surface area contributed by atoms with Crippen LogP contribution in [0.2, 0.25) is 0 Å². The Balaban J connectivity index is 2.00. The zero-order valence-electron chi connectivity index (χ0n) is 7.81. The van der Waals surface area contributed by atoms with Crippen LogP contribution in [-0.4, -0.2) is 11.1 Å². The standard InChI is InChI=1S/C12H12O2/c13-12(14)11-9-6-5-7-3-1-2-4-8(7)10(9)11/h1-4,9-11H,5-6H2,(H,13,14)/t9-,10-,11-/m1/s1. The third-order valence-electron chi connectivity index (χ3n) is 3.61. The molecule has 0 aromatic heterocycles. The third kappa shape index (κ3) is 0.939. The van der Waals surface area contributed by atoms with E-state index in [2.05, 4.69) is 12.1 Å². The van der Waals surface area contributed by atoms with Crippen molar-refractivity contribution < 1.29 is 9.90 Å². The van der Waals surface area contributed by atoms with Crippen LogP contribution in [0.3, 0.4) is 0 Å². The van der Waals surface area contributed by atoms with E-state index in [1.807, 2.05) is 12.1 Å². The van der Waals surface area contributed by atoms with Gasteiger partial charge in [-0.1, -0.05) is 24.3 Å². The number of rotatable bonds is 1. The van der Waals surface area contributed by atoms with Crippen LogP contribution in [0, 0.1) is 11.8 Å². The lowest BCUT2D eigenvalue weighted by Gasteiger charge is -2.13. The van der Waals surface area contributed by atoms with Crippen LogP contribution in [-0.2, 0) is 11.2 Å². The van der Waals surface area contributed by atoms with Gasteiger partial charge in [-0.3, -0.25) is 4.79 Å². The van der Waals surface area contributed by atoms with Crippen LogP contribution in [0.1, 0.15) is 23.5 Å². The second-order valence-electron chi connectivity index (χ2n) is 4.29. The normalized spacial score (nSPS) is 33.0. The Kier molecular flexibility index (Phi) is 1.49. The molecule has 2 aliphatic carbocycles. The van der Waals surface area contributed by atoms with Gasteiger partial charge in [0.25, 0.3) is 0 Å². The molecule has 1 aromatic carbocycles. The predicted molar refractivity (Wildman–Crippen MR) is 52.1 cm³/mol. The first-order valence-electron chi connectivity index (χ1n) is 5.09. The maximum Gasteiger partial charge on any atom is 0.307 e. The molecule has 0 bridgehead atoms. The molecule has 2 heteroatoms. The summed E-state index contributed by atoms with van der Waals surface area (Å²) in [6, 6.07) is 8.27. The van der Waals surface area contributed by atoms with Gasteiger partial charge in [0.1, 0.15) is 0 Å². The smallest absolute Gasteiger partial charge is 0.307 e. The number of carboxylic acids is 1. The van der Waals surface area contributed by atoms with Gasteiger partial charge < -0.3 is 5.11 Å². The highest BCUT2D eigenvalue weighted by Gasteiger charge is 2.57. The van der Waals surface area contributed by atoms with E-state index in [9.17, 15) is 4.79 Å². The fourth-order valence-corrected chi connectivity index (χ4v) is 2.90. The largest absolute Gasteiger partial charge is 0.481 e. The first-order chi connectivity index (χ1) is 6.79. The van der Waals surface area contributed by atoms with Crippen molar-refractivity contribution in [2.24, 2.45) is 11.8 Å². The topological polar surface area (TPSA) is 37.3 Å². The van der Waals surface area contributed by atoms with Gasteiger partial charge in [-0.25, -0.2) is 0 Å². The lowest BCUT2D eigenvalue weighted by Crippen LogP contribution is -2.00. The molecule has 1 fully saturated rings. The highest BCUT2D eigenvalue weighted by atomic mass is 16.4. The number of fused-ring (bicyclic) bond motifs is 3. The highest BCUT2D eigenvalue weighted by Crippen LogP contribution is 2.59. The van der Waals surface area contributed by atoms with Crippen molar-refractivity contribution in [3.63, 3.8) is 0 Å². The first-order valence-corrected chi connectivity index (χ1v) is 5.09. The predicted octanol–water partition coefficient (Wildman–Crippen LogP) is 2.05. The molecule has 2 aliphatic rings. The maximum absolute atomic E-state index is 10.9. The number of carboxylic acid groups (broad SMARTS) is 1. The fraction of sp³-hybridized carbons (Fsp3) is 0.417. The number of hydrogen-bond acceptors (Lipinski definition) is 1. The summed E-state index contributed by atoms with van der Waals surface area (Å²) in [5.41, 5.74) is 2.65. The zero-order valence-corrected chi connectivity index (χ0v) is 7.81. The van der Waals surface area contributed by atoms with E-state index in [4.69, 9.17) is 5.11 Å². The minimum absolute atomic E-state index is 0.0985. The SMILES string of the molecule is O=C(O)[C@@H]1[C@@H]2CCc3ccccc3[C@H]21. The number of carbonyl (C=O) groups is 1. The molecule has 1 N–H and O–H groups in total. The lowest BCUT2D eigenvalue weighted by atomic mass is 9.92. The Hall–Kier alpha value is -1.31. The number of benzene rings is 1. The lowest BCUT2D eigenvalue weighted by molar-refractivity contribution is -0.138. The van der Waals surface area contributed by atoms with E-state index >= 15 is 0 Å². The van der Waals surface area contributed by atoms with Crippen molar-refractivity contribution in [2.75, 3.05) is 0 Å². The Morgan fingerprint density at radius 2 is 2.14 bits per heavy atom. The quantitative estimate of drug-likeness (QED) is 0.732. The number of aliphatic carboxylic acids is 1. The van der Waals surface area contributed by atoms with Crippen molar-refractivity contribution >= 4 is 5.97 Å². The van der Waals surface area contributed by atoms with Gasteiger partial charge in [-0.15, -0.1) is 0 Å². The minimum atomic E-state index is -0.614. The molecule has 72 valence electrons. The van der Waals surface area contributed by atoms with E-state index in [1.165, 1.54) is 11.1 Å². The van der Waals surface area contributed by atoms with Crippen molar-refractivity contribution in [1.82, 2.24) is 0 Å². The molecule has 3 rings (SSSR count). The van der Waals surface area contributed by atoms with Gasteiger partial charge >= 0.3 is 5.97 Å². The van der Waals surface area contributed by atoms with Crippen molar-refractivity contribution in [3.05, 3.63) is 35.4 Å². The van der Waals surface area contributed by atoms with Gasteiger partial charge in [0.05, 0.1) is 5.92 Å². The molecule has 0 heterocycles.